The molecule has 0 N–H and O–H groups in total. The molecule has 3 aliphatic rings. The second-order valence-electron chi connectivity index (χ2n) is 22.8. The molecular formula is C70H78N6NiO2PdPtRhS3-4. The van der Waals surface area contributed by atoms with Gasteiger partial charge in [-0.2, -0.15) is 59.8 Å². The maximum atomic E-state index is 5.61. The van der Waals surface area contributed by atoms with E-state index in [0.717, 1.165) is 92.3 Å². The Hall–Kier alpha value is -4.19. The number of rotatable bonds is 15. The van der Waals surface area contributed by atoms with Crippen LogP contribution in [0.1, 0.15) is 175 Å². The molecule has 8 nitrogen and oxygen atoms in total. The molecule has 3 fully saturated rings. The number of oxazole rings is 1. The summed E-state index contributed by atoms with van der Waals surface area (Å²) in [5.74, 6) is 6.18. The first-order valence-corrected chi connectivity index (χ1v) is 31.7. The smallest absolute Gasteiger partial charge is 0.276 e. The molecule has 4 unspecified atom stereocenters. The van der Waals surface area contributed by atoms with Crippen molar-refractivity contribution in [3.63, 3.8) is 0 Å². The van der Waals surface area contributed by atoms with E-state index in [4.69, 9.17) is 19.5 Å². The van der Waals surface area contributed by atoms with Gasteiger partial charge in [-0.1, -0.05) is 165 Å². The largest absolute Gasteiger partial charge is 0.663 e. The molecule has 10 aromatic rings. The number of fused-ring (bicyclic) bond motifs is 4. The second-order valence-corrected chi connectivity index (χ2v) is 25.5. The van der Waals surface area contributed by atoms with Crippen LogP contribution in [0.15, 0.2) is 148 Å². The monoisotopic (exact) mass is 1590 g/mol. The molecule has 3 aliphatic carbocycles. The molecule has 0 aliphatic heterocycles. The van der Waals surface area contributed by atoms with Crippen molar-refractivity contribution in [2.75, 3.05) is 0 Å². The predicted octanol–water partition coefficient (Wildman–Crippen LogP) is 21.3. The third-order valence-corrected chi connectivity index (χ3v) is 19.1. The molecule has 5 aromatic heterocycles. The van der Waals surface area contributed by atoms with E-state index in [1.807, 2.05) is 92.8 Å². The molecule has 2 bridgehead atoms. The zero-order valence-electron chi connectivity index (χ0n) is 50.4. The van der Waals surface area contributed by atoms with Crippen molar-refractivity contribution < 1.29 is 86.6 Å². The molecule has 4 atom stereocenters. The van der Waals surface area contributed by atoms with E-state index < -0.39 is 0 Å². The Labute approximate surface area is 569 Å². The summed E-state index contributed by atoms with van der Waals surface area (Å²) < 4.78 is 11.0. The van der Waals surface area contributed by atoms with Crippen molar-refractivity contribution in [2.24, 2.45) is 17.8 Å². The fourth-order valence-corrected chi connectivity index (χ4v) is 13.2. The van der Waals surface area contributed by atoms with Crippen LogP contribution in [0.3, 0.4) is 0 Å². The minimum atomic E-state index is -0.165. The number of ether oxygens (including phenoxy) is 1. The van der Waals surface area contributed by atoms with Crippen molar-refractivity contribution >= 4 is 56.3 Å². The Morgan fingerprint density at radius 2 is 1.44 bits per heavy atom. The molecule has 0 saturated heterocycles. The van der Waals surface area contributed by atoms with Gasteiger partial charge >= 0.3 is 0 Å². The summed E-state index contributed by atoms with van der Waals surface area (Å²) in [4.78, 5) is 23.1. The van der Waals surface area contributed by atoms with Gasteiger partial charge in [0.15, 0.2) is 5.89 Å². The summed E-state index contributed by atoms with van der Waals surface area (Å²) in [7, 11) is 0. The standard InChI is InChI=1S/C21H26NO.C20H21N2S.C16H17N2S.C13H14NOS.Ni.Pd.Pt.Rh/c1-14-22-20(13-23-14)21(2,3)18-6-4-5-17(12-18)19-11-15-7-9-16(19)10-8-15;1-14(2)15(3)20-22-19(13-23-20)17-11-7-8-12-18(17)21-16-9-5-4-6-10-16;1-4-10(2)14-8-17-16-12(14)6-5-7-13(16)15-9-19-11(3)18-15;1-3-10(2)12-9-16-13(14-12)15-11-7-5-4-6-8-11;;;;/h4-5,12-13,15-16,19H,7-11H2,1-3H3;4-15H,1-3H3;5-10H,4H2,1-3H3;4-7,9-10H,3H2,1-2H3;;;;/q4*-1;;;;. The van der Waals surface area contributed by atoms with E-state index in [1.54, 1.807) is 28.9 Å². The summed E-state index contributed by atoms with van der Waals surface area (Å²) in [6, 6.07) is 45.5. The minimum absolute atomic E-state index is 0. The van der Waals surface area contributed by atoms with Crippen LogP contribution in [0.25, 0.3) is 38.7 Å². The van der Waals surface area contributed by atoms with Gasteiger partial charge in [0.25, 0.3) is 5.19 Å². The van der Waals surface area contributed by atoms with Crippen molar-refractivity contribution in [3.05, 3.63) is 205 Å². The van der Waals surface area contributed by atoms with Crippen LogP contribution < -0.4 is 9.72 Å². The SMILES string of the molecule is CC(C)C(C)c1nc(-c2ccccc2[N-]c2ccccc2)cs1.CCC(C)c1c[n-]c2c(-c3csc(C)n3)cccc12.CCC(C)c1csc(Oc2[c-]cccc2)n1.Cc1nc(C(C)(C)c2[c-]ccc(C3CC4CCC3CC4)c2)co1.[Ni].[Pd].[Pt].[Rh]. The third kappa shape index (κ3) is 18.5. The van der Waals surface area contributed by atoms with E-state index in [1.165, 1.54) is 70.5 Å². The first-order valence-electron chi connectivity index (χ1n) is 29.0. The van der Waals surface area contributed by atoms with E-state index in [2.05, 4.69) is 153 Å². The van der Waals surface area contributed by atoms with Crippen LogP contribution in [0.2, 0.25) is 0 Å². The Bertz CT molecular complexity index is 3560. The molecule has 3 saturated carbocycles. The minimum Gasteiger partial charge on any atom is -0.663 e. The number of para-hydroxylation sites is 4. The van der Waals surface area contributed by atoms with Crippen molar-refractivity contribution in [3.8, 4) is 33.5 Å². The summed E-state index contributed by atoms with van der Waals surface area (Å²) in [6.45, 7) is 23.9. The summed E-state index contributed by atoms with van der Waals surface area (Å²) in [6.07, 6.45) is 13.2. The zero-order chi connectivity index (χ0) is 57.0. The van der Waals surface area contributed by atoms with Crippen LogP contribution in [0, 0.1) is 43.7 Å². The Balaban J connectivity index is 0.000000206. The zero-order valence-corrected chi connectivity index (χ0v) is 59.3. The summed E-state index contributed by atoms with van der Waals surface area (Å²) in [5, 5.41) is 15.4. The topological polar surface area (TPSA) is 102 Å². The molecule has 1 radical (unpaired) electrons. The number of thiazole rings is 3. The van der Waals surface area contributed by atoms with Gasteiger partial charge < -0.3 is 19.5 Å². The number of hydrogen-bond acceptors (Lipinski definition) is 9. The van der Waals surface area contributed by atoms with Crippen LogP contribution >= 0.6 is 34.0 Å². The number of nitrogens with zero attached hydrogens (tertiary/aromatic N) is 6. The van der Waals surface area contributed by atoms with Crippen LogP contribution in [0.4, 0.5) is 11.4 Å². The first-order chi connectivity index (χ1) is 39.2. The Morgan fingerprint density at radius 3 is 2.08 bits per heavy atom. The van der Waals surface area contributed by atoms with Crippen LogP contribution in [-0.2, 0) is 82.9 Å². The van der Waals surface area contributed by atoms with E-state index >= 15 is 0 Å². The Kier molecular flexibility index (Phi) is 28.6. The average molecular weight is 1590 g/mol. The number of hydrogen-bond donors (Lipinski definition) is 0. The maximum absolute atomic E-state index is 5.61. The van der Waals surface area contributed by atoms with E-state index in [-0.39, 0.29) is 82.9 Å². The van der Waals surface area contributed by atoms with Gasteiger partial charge in [0, 0.05) is 118 Å². The molecule has 0 amide bonds. The molecule has 5 heterocycles. The normalized spacial score (nSPS) is 16.0. The second kappa shape index (κ2) is 34.0. The molecular weight excluding hydrogens is 1520 g/mol. The van der Waals surface area contributed by atoms with Gasteiger partial charge in [0.2, 0.25) is 0 Å². The van der Waals surface area contributed by atoms with Gasteiger partial charge in [-0.15, -0.1) is 51.7 Å². The van der Waals surface area contributed by atoms with E-state index in [9.17, 15) is 0 Å². The van der Waals surface area contributed by atoms with Crippen LogP contribution in [-0.4, -0.2) is 19.9 Å². The molecule has 0 spiro atoms. The molecule has 85 heavy (non-hydrogen) atoms. The third-order valence-electron chi connectivity index (χ3n) is 16.5. The van der Waals surface area contributed by atoms with Gasteiger partial charge in [-0.25, -0.2) is 19.9 Å². The quantitative estimate of drug-likeness (QED) is 0.0744. The molecule has 15 heteroatoms. The number of aryl methyl sites for hydroxylation is 2. The number of aromatic nitrogens is 5. The maximum Gasteiger partial charge on any atom is 0.276 e. The van der Waals surface area contributed by atoms with Crippen molar-refractivity contribution in [1.82, 2.24) is 24.9 Å². The predicted molar refractivity (Wildman–Crippen MR) is 339 cm³/mol. The van der Waals surface area contributed by atoms with Gasteiger partial charge in [-0.05, 0) is 91.0 Å². The van der Waals surface area contributed by atoms with Gasteiger partial charge in [0.05, 0.1) is 32.8 Å². The fourth-order valence-electron chi connectivity index (χ4n) is 10.7. The molecule has 13 rings (SSSR count). The first kappa shape index (κ1) is 71.6. The Morgan fingerprint density at radius 1 is 0.741 bits per heavy atom. The summed E-state index contributed by atoms with van der Waals surface area (Å²) in [5.41, 5.74) is 13.4. The van der Waals surface area contributed by atoms with Gasteiger partial charge in [-0.3, -0.25) is 0 Å². The average Bonchev–Trinajstić information content (AvgIpc) is 4.59. The van der Waals surface area contributed by atoms with E-state index in [0.29, 0.717) is 34.6 Å². The van der Waals surface area contributed by atoms with Crippen molar-refractivity contribution in [2.45, 2.75) is 150 Å². The van der Waals surface area contributed by atoms with Crippen molar-refractivity contribution in [1.29, 1.82) is 0 Å². The molecule has 5 aromatic carbocycles. The van der Waals surface area contributed by atoms with Crippen LogP contribution in [0.5, 0.6) is 10.9 Å². The molecule has 461 valence electrons. The number of benzene rings is 5. The van der Waals surface area contributed by atoms with Gasteiger partial charge in [0.1, 0.15) is 6.26 Å². The fraction of sp³-hybridized carbons (Fsp3) is 0.371. The summed E-state index contributed by atoms with van der Waals surface area (Å²) >= 11 is 4.96.